The van der Waals surface area contributed by atoms with E-state index in [9.17, 15) is 4.79 Å². The number of imidazole rings is 1. The molecule has 0 radical (unpaired) electrons. The van der Waals surface area contributed by atoms with Crippen molar-refractivity contribution in [1.29, 1.82) is 0 Å². The zero-order chi connectivity index (χ0) is 17.5. The molecular formula is C19H25N3O2. The van der Waals surface area contributed by atoms with E-state index in [2.05, 4.69) is 16.3 Å². The summed E-state index contributed by atoms with van der Waals surface area (Å²) >= 11 is 0. The van der Waals surface area contributed by atoms with Crippen molar-refractivity contribution in [1.82, 2.24) is 9.55 Å². The van der Waals surface area contributed by atoms with E-state index in [0.717, 1.165) is 43.9 Å². The molecule has 0 unspecified atom stereocenters. The fourth-order valence-electron chi connectivity index (χ4n) is 4.53. The third kappa shape index (κ3) is 2.41. The Morgan fingerprint density at radius 2 is 2.29 bits per heavy atom. The fraction of sp³-hybridized carbons (Fsp3) is 0.632. The lowest BCUT2D eigenvalue weighted by molar-refractivity contribution is -0.121. The van der Waals surface area contributed by atoms with Gasteiger partial charge in [0.25, 0.3) is 0 Å². The summed E-state index contributed by atoms with van der Waals surface area (Å²) in [5.41, 5.74) is 2.29. The molecule has 3 atom stereocenters. The number of aromatic nitrogens is 2. The van der Waals surface area contributed by atoms with Crippen molar-refractivity contribution in [3.63, 3.8) is 0 Å². The number of ketones is 1. The molecule has 0 amide bonds. The van der Waals surface area contributed by atoms with Crippen molar-refractivity contribution in [3.05, 3.63) is 40.4 Å². The van der Waals surface area contributed by atoms with Crippen molar-refractivity contribution in [2.45, 2.75) is 52.0 Å². The topological polar surface area (TPSA) is 48.5 Å². The van der Waals surface area contributed by atoms with Crippen molar-refractivity contribution in [2.24, 2.45) is 11.8 Å². The Kier molecular flexibility index (Phi) is 4.35. The molecule has 0 saturated carbocycles. The number of hydrogen-bond acceptors (Lipinski definition) is 3. The largest absolute Gasteiger partial charge is 0.385 e. The van der Waals surface area contributed by atoms with Gasteiger partial charge in [0.2, 0.25) is 5.70 Å². The summed E-state index contributed by atoms with van der Waals surface area (Å²) in [7, 11) is 1.72. The Bertz CT molecular complexity index is 741. The van der Waals surface area contributed by atoms with Gasteiger partial charge in [-0.25, -0.2) is 9.83 Å². The molecule has 5 nitrogen and oxygen atoms in total. The van der Waals surface area contributed by atoms with E-state index in [1.54, 1.807) is 7.11 Å². The van der Waals surface area contributed by atoms with Gasteiger partial charge in [0, 0.05) is 37.3 Å². The zero-order valence-corrected chi connectivity index (χ0v) is 14.9. The standard InChI is InChI=1S/C19H25N3O2/c1-12-14-7-8-16-18(19(14,3)11-15(20-4)17(12)23)21-13(2)22(16)9-6-10-24-5/h11-12,14H,6-10H2,1-3,5H3/t12-,14-,19-/m0/s1. The summed E-state index contributed by atoms with van der Waals surface area (Å²) in [5, 5.41) is 0. The van der Waals surface area contributed by atoms with Gasteiger partial charge in [-0.15, -0.1) is 0 Å². The number of rotatable bonds is 4. The summed E-state index contributed by atoms with van der Waals surface area (Å²) in [6, 6.07) is 0. The third-order valence-corrected chi connectivity index (χ3v) is 5.79. The van der Waals surface area contributed by atoms with Gasteiger partial charge in [-0.1, -0.05) is 19.9 Å². The predicted molar refractivity (Wildman–Crippen MR) is 91.5 cm³/mol. The molecule has 0 N–H and O–H groups in total. The monoisotopic (exact) mass is 327 g/mol. The first-order valence-corrected chi connectivity index (χ1v) is 8.64. The molecule has 0 fully saturated rings. The lowest BCUT2D eigenvalue weighted by atomic mass is 9.59. The average molecular weight is 327 g/mol. The number of fused-ring (bicyclic) bond motifs is 3. The van der Waals surface area contributed by atoms with Crippen LogP contribution < -0.4 is 0 Å². The minimum absolute atomic E-state index is 0.00725. The summed E-state index contributed by atoms with van der Waals surface area (Å²) in [5.74, 6) is 1.12. The van der Waals surface area contributed by atoms with Crippen LogP contribution in [0.25, 0.3) is 4.85 Å². The highest BCUT2D eigenvalue weighted by molar-refractivity contribution is 6.00. The van der Waals surface area contributed by atoms with Gasteiger partial charge < -0.3 is 14.1 Å². The van der Waals surface area contributed by atoms with Gasteiger partial charge in [-0.3, -0.25) is 0 Å². The summed E-state index contributed by atoms with van der Waals surface area (Å²) in [6.07, 6.45) is 4.76. The molecule has 0 saturated heterocycles. The highest BCUT2D eigenvalue weighted by Gasteiger charge is 2.49. The summed E-state index contributed by atoms with van der Waals surface area (Å²) in [6.45, 7) is 15.1. The van der Waals surface area contributed by atoms with Crippen LogP contribution in [0.5, 0.6) is 0 Å². The summed E-state index contributed by atoms with van der Waals surface area (Å²) in [4.78, 5) is 20.8. The molecule has 2 aliphatic carbocycles. The van der Waals surface area contributed by atoms with E-state index < -0.39 is 0 Å². The van der Waals surface area contributed by atoms with Crippen molar-refractivity contribution >= 4 is 5.78 Å². The van der Waals surface area contributed by atoms with Crippen LogP contribution >= 0.6 is 0 Å². The molecule has 1 aromatic rings. The molecule has 1 aromatic heterocycles. The number of methoxy groups -OCH3 is 1. The van der Waals surface area contributed by atoms with E-state index in [1.807, 2.05) is 19.9 Å². The molecule has 0 spiro atoms. The molecular weight excluding hydrogens is 302 g/mol. The zero-order valence-electron chi connectivity index (χ0n) is 14.9. The molecule has 1 heterocycles. The second-order valence-electron chi connectivity index (χ2n) is 7.17. The average Bonchev–Trinajstić information content (AvgIpc) is 2.89. The van der Waals surface area contributed by atoms with Crippen LogP contribution in [0.4, 0.5) is 0 Å². The molecule has 0 aromatic carbocycles. The first-order valence-electron chi connectivity index (χ1n) is 8.64. The van der Waals surface area contributed by atoms with Gasteiger partial charge in [0.15, 0.2) is 5.78 Å². The van der Waals surface area contributed by atoms with Crippen molar-refractivity contribution < 1.29 is 9.53 Å². The maximum atomic E-state index is 12.4. The molecule has 0 bridgehead atoms. The Labute approximate surface area is 143 Å². The first kappa shape index (κ1) is 16.9. The molecule has 0 aliphatic heterocycles. The van der Waals surface area contributed by atoms with Crippen molar-refractivity contribution in [2.75, 3.05) is 13.7 Å². The van der Waals surface area contributed by atoms with E-state index in [0.29, 0.717) is 0 Å². The highest BCUT2D eigenvalue weighted by atomic mass is 16.5. The Morgan fingerprint density at radius 3 is 2.96 bits per heavy atom. The Hall–Kier alpha value is -1.93. The molecule has 5 heteroatoms. The van der Waals surface area contributed by atoms with E-state index >= 15 is 0 Å². The molecule has 2 aliphatic rings. The number of ether oxygens (including phenoxy) is 1. The lowest BCUT2D eigenvalue weighted by Gasteiger charge is -2.44. The van der Waals surface area contributed by atoms with Crippen molar-refractivity contribution in [3.8, 4) is 0 Å². The highest BCUT2D eigenvalue weighted by Crippen LogP contribution is 2.49. The van der Waals surface area contributed by atoms with Crippen LogP contribution in [0.2, 0.25) is 0 Å². The van der Waals surface area contributed by atoms with Gasteiger partial charge in [0.05, 0.1) is 12.3 Å². The maximum Gasteiger partial charge on any atom is 0.226 e. The van der Waals surface area contributed by atoms with Crippen LogP contribution in [0.15, 0.2) is 11.8 Å². The lowest BCUT2D eigenvalue weighted by Crippen LogP contribution is -2.45. The second-order valence-corrected chi connectivity index (χ2v) is 7.17. The van der Waals surface area contributed by atoms with Gasteiger partial charge >= 0.3 is 0 Å². The van der Waals surface area contributed by atoms with Gasteiger partial charge in [0.1, 0.15) is 5.82 Å². The van der Waals surface area contributed by atoms with Crippen LogP contribution in [-0.2, 0) is 27.9 Å². The Morgan fingerprint density at radius 1 is 1.54 bits per heavy atom. The third-order valence-electron chi connectivity index (χ3n) is 5.79. The second kappa shape index (κ2) is 6.18. The van der Waals surface area contributed by atoms with Gasteiger partial charge in [-0.2, -0.15) is 0 Å². The SMILES string of the molecule is [C-]#[N+]C1=C[C@]2(C)c3nc(C)n(CCCOC)c3CC[C@H]2[C@H](C)C1=O. The number of nitrogens with zero attached hydrogens (tertiary/aromatic N) is 3. The fourth-order valence-corrected chi connectivity index (χ4v) is 4.53. The molecule has 3 rings (SSSR count). The minimum atomic E-state index is -0.321. The summed E-state index contributed by atoms with van der Waals surface area (Å²) < 4.78 is 7.46. The minimum Gasteiger partial charge on any atom is -0.385 e. The van der Waals surface area contributed by atoms with E-state index in [1.165, 1.54) is 5.69 Å². The number of aryl methyl sites for hydroxylation is 1. The van der Waals surface area contributed by atoms with Crippen LogP contribution in [0, 0.1) is 25.3 Å². The number of carbonyl (C=O) groups is 1. The quantitative estimate of drug-likeness (QED) is 0.631. The number of allylic oxidation sites excluding steroid dienone is 2. The maximum absolute atomic E-state index is 12.4. The van der Waals surface area contributed by atoms with E-state index in [-0.39, 0.29) is 28.7 Å². The predicted octanol–water partition coefficient (Wildman–Crippen LogP) is 3.07. The van der Waals surface area contributed by atoms with Gasteiger partial charge in [-0.05, 0) is 32.1 Å². The van der Waals surface area contributed by atoms with E-state index in [4.69, 9.17) is 16.3 Å². The van der Waals surface area contributed by atoms with Crippen LogP contribution in [0.1, 0.15) is 43.9 Å². The smallest absolute Gasteiger partial charge is 0.226 e. The number of hydrogen-bond donors (Lipinski definition) is 0. The molecule has 24 heavy (non-hydrogen) atoms. The normalized spacial score (nSPS) is 28.8. The van der Waals surface area contributed by atoms with Crippen LogP contribution in [0.3, 0.4) is 0 Å². The first-order chi connectivity index (χ1) is 11.4. The Balaban J connectivity index is 2.07. The number of carbonyl (C=O) groups excluding carboxylic acids is 1. The number of Topliss-reactive ketones (excluding diaryl/α,β-unsaturated/α-hetero) is 1. The van der Waals surface area contributed by atoms with Crippen LogP contribution in [-0.4, -0.2) is 29.1 Å². The molecule has 128 valence electrons.